The summed E-state index contributed by atoms with van der Waals surface area (Å²) in [5.74, 6) is 0.921. The SMILES string of the molecule is Cc1nccc(C[C@@H]2[C@@H](CO)[C@H](O)C[C@H]2N(C)C)n1. The molecule has 0 bridgehead atoms. The van der Waals surface area contributed by atoms with E-state index in [0.717, 1.165) is 17.9 Å². The summed E-state index contributed by atoms with van der Waals surface area (Å²) in [4.78, 5) is 10.7. The van der Waals surface area contributed by atoms with Crippen molar-refractivity contribution in [2.24, 2.45) is 11.8 Å². The fourth-order valence-corrected chi connectivity index (χ4v) is 3.17. The van der Waals surface area contributed by atoms with E-state index in [1.54, 1.807) is 6.20 Å². The highest BCUT2D eigenvalue weighted by Crippen LogP contribution is 2.36. The number of aliphatic hydroxyl groups excluding tert-OH is 2. The molecule has 0 spiro atoms. The Labute approximate surface area is 114 Å². The van der Waals surface area contributed by atoms with E-state index in [4.69, 9.17) is 0 Å². The topological polar surface area (TPSA) is 69.5 Å². The molecule has 5 heteroatoms. The minimum atomic E-state index is -0.426. The molecule has 1 saturated carbocycles. The van der Waals surface area contributed by atoms with Crippen molar-refractivity contribution in [3.05, 3.63) is 23.8 Å². The third kappa shape index (κ3) is 3.11. The van der Waals surface area contributed by atoms with Crippen LogP contribution in [0.4, 0.5) is 0 Å². The summed E-state index contributed by atoms with van der Waals surface area (Å²) in [7, 11) is 4.05. The molecule has 0 saturated heterocycles. The number of hydrogen-bond donors (Lipinski definition) is 2. The van der Waals surface area contributed by atoms with E-state index in [-0.39, 0.29) is 24.5 Å². The molecule has 0 radical (unpaired) electrons. The molecule has 0 aromatic carbocycles. The molecule has 1 aliphatic carbocycles. The molecule has 4 atom stereocenters. The van der Waals surface area contributed by atoms with Crippen LogP contribution in [-0.2, 0) is 6.42 Å². The van der Waals surface area contributed by atoms with Crippen LogP contribution < -0.4 is 0 Å². The molecule has 1 aliphatic rings. The van der Waals surface area contributed by atoms with Crippen molar-refractivity contribution in [3.63, 3.8) is 0 Å². The van der Waals surface area contributed by atoms with Gasteiger partial charge in [0, 0.05) is 30.5 Å². The van der Waals surface area contributed by atoms with E-state index in [0.29, 0.717) is 6.42 Å². The Morgan fingerprint density at radius 2 is 2.11 bits per heavy atom. The minimum Gasteiger partial charge on any atom is -0.396 e. The van der Waals surface area contributed by atoms with Crippen LogP contribution in [0.5, 0.6) is 0 Å². The van der Waals surface area contributed by atoms with Gasteiger partial charge < -0.3 is 15.1 Å². The number of aromatic nitrogens is 2. The molecule has 1 aromatic rings. The van der Waals surface area contributed by atoms with Crippen molar-refractivity contribution in [1.29, 1.82) is 0 Å². The fraction of sp³-hybridized carbons (Fsp3) is 0.714. The molecule has 106 valence electrons. The fourth-order valence-electron chi connectivity index (χ4n) is 3.17. The second kappa shape index (κ2) is 5.94. The highest BCUT2D eigenvalue weighted by atomic mass is 16.3. The number of aryl methyl sites for hydroxylation is 1. The largest absolute Gasteiger partial charge is 0.396 e. The normalized spacial score (nSPS) is 31.1. The van der Waals surface area contributed by atoms with Gasteiger partial charge in [0.15, 0.2) is 0 Å². The average Bonchev–Trinajstić information content (AvgIpc) is 2.66. The summed E-state index contributed by atoms with van der Waals surface area (Å²) in [6.45, 7) is 1.90. The monoisotopic (exact) mass is 265 g/mol. The lowest BCUT2D eigenvalue weighted by Crippen LogP contribution is -2.35. The van der Waals surface area contributed by atoms with Gasteiger partial charge in [-0.15, -0.1) is 0 Å². The van der Waals surface area contributed by atoms with E-state index in [1.807, 2.05) is 27.1 Å². The maximum atomic E-state index is 10.1. The Balaban J connectivity index is 2.18. The molecule has 1 aromatic heterocycles. The quantitative estimate of drug-likeness (QED) is 0.816. The molecular weight excluding hydrogens is 242 g/mol. The van der Waals surface area contributed by atoms with Crippen LogP contribution in [0.25, 0.3) is 0 Å². The van der Waals surface area contributed by atoms with Crippen LogP contribution in [0, 0.1) is 18.8 Å². The van der Waals surface area contributed by atoms with E-state index in [2.05, 4.69) is 14.9 Å². The summed E-state index contributed by atoms with van der Waals surface area (Å²) in [5, 5.41) is 19.6. The lowest BCUT2D eigenvalue weighted by molar-refractivity contribution is 0.0707. The second-order valence-electron chi connectivity index (χ2n) is 5.64. The summed E-state index contributed by atoms with van der Waals surface area (Å²) in [6, 6.07) is 2.20. The van der Waals surface area contributed by atoms with Crippen LogP contribution in [0.2, 0.25) is 0 Å². The Bertz CT molecular complexity index is 425. The third-order valence-corrected chi connectivity index (χ3v) is 4.17. The molecular formula is C14H23N3O2. The zero-order valence-corrected chi connectivity index (χ0v) is 11.8. The molecule has 1 heterocycles. The van der Waals surface area contributed by atoms with Crippen molar-refractivity contribution in [2.75, 3.05) is 20.7 Å². The van der Waals surface area contributed by atoms with Crippen molar-refractivity contribution in [3.8, 4) is 0 Å². The molecule has 2 N–H and O–H groups in total. The van der Waals surface area contributed by atoms with Gasteiger partial charge >= 0.3 is 0 Å². The molecule has 0 amide bonds. The van der Waals surface area contributed by atoms with Gasteiger partial charge in [-0.1, -0.05) is 0 Å². The first kappa shape index (κ1) is 14.4. The van der Waals surface area contributed by atoms with Gasteiger partial charge in [-0.25, -0.2) is 9.97 Å². The van der Waals surface area contributed by atoms with Gasteiger partial charge in [0.25, 0.3) is 0 Å². The Hall–Kier alpha value is -1.04. The number of aliphatic hydroxyl groups is 2. The van der Waals surface area contributed by atoms with Crippen LogP contribution in [0.15, 0.2) is 12.3 Å². The first-order valence-electron chi connectivity index (χ1n) is 6.76. The van der Waals surface area contributed by atoms with Crippen LogP contribution in [0.1, 0.15) is 17.9 Å². The summed E-state index contributed by atoms with van der Waals surface area (Å²) in [6.07, 6.45) is 2.83. The Kier molecular flexibility index (Phi) is 4.50. The van der Waals surface area contributed by atoms with E-state index < -0.39 is 6.10 Å². The van der Waals surface area contributed by atoms with E-state index in [9.17, 15) is 10.2 Å². The zero-order valence-electron chi connectivity index (χ0n) is 11.8. The number of nitrogens with zero attached hydrogens (tertiary/aromatic N) is 3. The Morgan fingerprint density at radius 3 is 2.68 bits per heavy atom. The third-order valence-electron chi connectivity index (χ3n) is 4.17. The van der Waals surface area contributed by atoms with Gasteiger partial charge in [-0.2, -0.15) is 0 Å². The number of rotatable bonds is 4. The lowest BCUT2D eigenvalue weighted by Gasteiger charge is -2.28. The molecule has 2 rings (SSSR count). The van der Waals surface area contributed by atoms with Crippen LogP contribution >= 0.6 is 0 Å². The second-order valence-corrected chi connectivity index (χ2v) is 5.64. The first-order chi connectivity index (χ1) is 9.02. The lowest BCUT2D eigenvalue weighted by atomic mass is 9.88. The molecule has 0 unspecified atom stereocenters. The summed E-state index contributed by atoms with van der Waals surface area (Å²) >= 11 is 0. The molecule has 1 fully saturated rings. The first-order valence-corrected chi connectivity index (χ1v) is 6.76. The van der Waals surface area contributed by atoms with Crippen molar-refractivity contribution >= 4 is 0 Å². The van der Waals surface area contributed by atoms with Crippen molar-refractivity contribution in [1.82, 2.24) is 14.9 Å². The minimum absolute atomic E-state index is 0.0280. The molecule has 19 heavy (non-hydrogen) atoms. The maximum absolute atomic E-state index is 10.1. The molecule has 5 nitrogen and oxygen atoms in total. The van der Waals surface area contributed by atoms with Crippen molar-refractivity contribution < 1.29 is 10.2 Å². The standard InChI is InChI=1S/C14H23N3O2/c1-9-15-5-4-10(16-9)6-11-12(8-18)14(19)7-13(11)17(2)3/h4-5,11-14,18-19H,6-8H2,1-3H3/t11-,12-,13-,14-/m1/s1. The van der Waals surface area contributed by atoms with Crippen LogP contribution in [-0.4, -0.2) is 57.9 Å². The van der Waals surface area contributed by atoms with Gasteiger partial charge in [-0.3, -0.25) is 0 Å². The van der Waals surface area contributed by atoms with Gasteiger partial charge in [-0.05, 0) is 45.8 Å². The predicted molar refractivity (Wildman–Crippen MR) is 72.6 cm³/mol. The average molecular weight is 265 g/mol. The highest BCUT2D eigenvalue weighted by Gasteiger charge is 2.43. The summed E-state index contributed by atoms with van der Waals surface area (Å²) in [5.41, 5.74) is 0.983. The predicted octanol–water partition coefficient (Wildman–Crippen LogP) is 0.247. The maximum Gasteiger partial charge on any atom is 0.125 e. The summed E-state index contributed by atoms with van der Waals surface area (Å²) < 4.78 is 0. The van der Waals surface area contributed by atoms with Gasteiger partial charge in [0.05, 0.1) is 6.10 Å². The smallest absolute Gasteiger partial charge is 0.125 e. The zero-order chi connectivity index (χ0) is 14.0. The highest BCUT2D eigenvalue weighted by molar-refractivity contribution is 5.07. The van der Waals surface area contributed by atoms with Crippen molar-refractivity contribution in [2.45, 2.75) is 31.9 Å². The molecule has 0 aliphatic heterocycles. The van der Waals surface area contributed by atoms with Gasteiger partial charge in [0.2, 0.25) is 0 Å². The van der Waals surface area contributed by atoms with Gasteiger partial charge in [0.1, 0.15) is 5.82 Å². The number of hydrogen-bond acceptors (Lipinski definition) is 5. The van der Waals surface area contributed by atoms with E-state index in [1.165, 1.54) is 0 Å². The van der Waals surface area contributed by atoms with E-state index >= 15 is 0 Å². The van der Waals surface area contributed by atoms with Crippen LogP contribution in [0.3, 0.4) is 0 Å². The Morgan fingerprint density at radius 1 is 1.37 bits per heavy atom.